The van der Waals surface area contributed by atoms with Crippen molar-refractivity contribution >= 4 is 11.8 Å². The number of ether oxygens (including phenoxy) is 2. The van der Waals surface area contributed by atoms with Crippen molar-refractivity contribution in [3.63, 3.8) is 0 Å². The van der Waals surface area contributed by atoms with Crippen LogP contribution in [0.2, 0.25) is 0 Å². The first-order valence-corrected chi connectivity index (χ1v) is 7.43. The molecule has 122 valence electrons. The molecule has 0 saturated carbocycles. The lowest BCUT2D eigenvalue weighted by Gasteiger charge is -2.25. The standard InChI is InChI=1S/C15H20N6O2/c1-20(14-16-6-4-7-17-14)11-5-8-21(10-11)12-9-13(22-2)19-15(18-12)23-3/h4,6-7,9,11H,5,8,10H2,1-3H3. The van der Waals surface area contributed by atoms with Crippen molar-refractivity contribution in [2.45, 2.75) is 12.5 Å². The predicted molar refractivity (Wildman–Crippen MR) is 86.2 cm³/mol. The van der Waals surface area contributed by atoms with Gasteiger partial charge in [-0.25, -0.2) is 9.97 Å². The van der Waals surface area contributed by atoms with Gasteiger partial charge in [-0.3, -0.25) is 0 Å². The Bertz CT molecular complexity index is 631. The summed E-state index contributed by atoms with van der Waals surface area (Å²) < 4.78 is 10.4. The summed E-state index contributed by atoms with van der Waals surface area (Å²) in [6.45, 7) is 1.73. The van der Waals surface area contributed by atoms with Crippen LogP contribution in [0.1, 0.15) is 6.42 Å². The summed E-state index contributed by atoms with van der Waals surface area (Å²) >= 11 is 0. The number of hydrogen-bond donors (Lipinski definition) is 0. The molecule has 0 N–H and O–H groups in total. The van der Waals surface area contributed by atoms with Crippen molar-refractivity contribution in [1.82, 2.24) is 19.9 Å². The first-order chi connectivity index (χ1) is 11.2. The molecule has 2 aromatic rings. The van der Waals surface area contributed by atoms with Crippen molar-refractivity contribution < 1.29 is 9.47 Å². The molecule has 8 nitrogen and oxygen atoms in total. The Labute approximate surface area is 135 Å². The van der Waals surface area contributed by atoms with Crippen molar-refractivity contribution in [2.24, 2.45) is 0 Å². The lowest BCUT2D eigenvalue weighted by Crippen LogP contribution is -2.35. The third-order valence-corrected chi connectivity index (χ3v) is 3.96. The Morgan fingerprint density at radius 1 is 1.17 bits per heavy atom. The molecule has 8 heteroatoms. The van der Waals surface area contributed by atoms with Gasteiger partial charge in [0.15, 0.2) is 0 Å². The van der Waals surface area contributed by atoms with Gasteiger partial charge >= 0.3 is 6.01 Å². The van der Waals surface area contributed by atoms with E-state index in [0.29, 0.717) is 17.9 Å². The highest BCUT2D eigenvalue weighted by Crippen LogP contribution is 2.26. The van der Waals surface area contributed by atoms with E-state index in [1.807, 2.05) is 19.2 Å². The lowest BCUT2D eigenvalue weighted by atomic mass is 10.2. The van der Waals surface area contributed by atoms with Crippen molar-refractivity contribution in [2.75, 3.05) is 44.2 Å². The molecule has 2 aromatic heterocycles. The van der Waals surface area contributed by atoms with E-state index in [0.717, 1.165) is 31.3 Å². The van der Waals surface area contributed by atoms with E-state index in [9.17, 15) is 0 Å². The molecule has 3 rings (SSSR count). The molecule has 1 atom stereocenters. The van der Waals surface area contributed by atoms with Gasteiger partial charge in [-0.15, -0.1) is 0 Å². The first-order valence-electron chi connectivity index (χ1n) is 7.43. The molecule has 1 unspecified atom stereocenters. The topological polar surface area (TPSA) is 76.5 Å². The van der Waals surface area contributed by atoms with Crippen LogP contribution in [-0.4, -0.2) is 60.3 Å². The number of aromatic nitrogens is 4. The second kappa shape index (κ2) is 6.64. The Kier molecular flexibility index (Phi) is 4.40. The van der Waals surface area contributed by atoms with Gasteiger partial charge in [0.2, 0.25) is 11.8 Å². The molecule has 0 bridgehead atoms. The minimum Gasteiger partial charge on any atom is -0.481 e. The minimum absolute atomic E-state index is 0.308. The molecule has 1 fully saturated rings. The van der Waals surface area contributed by atoms with E-state index in [1.54, 1.807) is 26.6 Å². The highest BCUT2D eigenvalue weighted by molar-refractivity contribution is 5.45. The van der Waals surface area contributed by atoms with E-state index in [1.165, 1.54) is 0 Å². The average Bonchev–Trinajstić information content (AvgIpc) is 3.11. The van der Waals surface area contributed by atoms with Crippen LogP contribution < -0.4 is 19.3 Å². The minimum atomic E-state index is 0.308. The zero-order valence-electron chi connectivity index (χ0n) is 13.5. The van der Waals surface area contributed by atoms with Crippen molar-refractivity contribution in [1.29, 1.82) is 0 Å². The molecule has 0 aromatic carbocycles. The first kappa shape index (κ1) is 15.3. The number of methoxy groups -OCH3 is 2. The predicted octanol–water partition coefficient (Wildman–Crippen LogP) is 0.999. The number of hydrogen-bond acceptors (Lipinski definition) is 8. The summed E-state index contributed by atoms with van der Waals surface area (Å²) in [5.74, 6) is 2.03. The van der Waals surface area contributed by atoms with E-state index in [4.69, 9.17) is 9.47 Å². The molecule has 0 radical (unpaired) electrons. The number of rotatable bonds is 5. The number of nitrogens with zero attached hydrogens (tertiary/aromatic N) is 6. The third-order valence-electron chi connectivity index (χ3n) is 3.96. The fourth-order valence-electron chi connectivity index (χ4n) is 2.65. The van der Waals surface area contributed by atoms with Gasteiger partial charge in [0, 0.05) is 38.6 Å². The van der Waals surface area contributed by atoms with Gasteiger partial charge in [-0.05, 0) is 12.5 Å². The summed E-state index contributed by atoms with van der Waals surface area (Å²) in [5.41, 5.74) is 0. The van der Waals surface area contributed by atoms with Gasteiger partial charge in [0.05, 0.1) is 20.3 Å². The van der Waals surface area contributed by atoms with Gasteiger partial charge < -0.3 is 19.3 Å². The van der Waals surface area contributed by atoms with Crippen LogP contribution >= 0.6 is 0 Å². The largest absolute Gasteiger partial charge is 0.481 e. The van der Waals surface area contributed by atoms with E-state index in [-0.39, 0.29) is 0 Å². The molecule has 1 saturated heterocycles. The van der Waals surface area contributed by atoms with E-state index < -0.39 is 0 Å². The Hall–Kier alpha value is -2.64. The molecule has 0 amide bonds. The number of likely N-dealkylation sites (N-methyl/N-ethyl adjacent to an activating group) is 1. The Morgan fingerprint density at radius 3 is 2.65 bits per heavy atom. The maximum atomic E-state index is 5.21. The summed E-state index contributed by atoms with van der Waals surface area (Å²) in [4.78, 5) is 21.5. The second-order valence-electron chi connectivity index (χ2n) is 5.30. The van der Waals surface area contributed by atoms with Crippen LogP contribution in [0.4, 0.5) is 11.8 Å². The summed E-state index contributed by atoms with van der Waals surface area (Å²) in [6, 6.07) is 4.27. The quantitative estimate of drug-likeness (QED) is 0.808. The van der Waals surface area contributed by atoms with Crippen LogP contribution in [0.3, 0.4) is 0 Å². The third kappa shape index (κ3) is 3.25. The molecule has 1 aliphatic rings. The fraction of sp³-hybridized carbons (Fsp3) is 0.467. The van der Waals surface area contributed by atoms with Gasteiger partial charge in [-0.1, -0.05) is 0 Å². The van der Waals surface area contributed by atoms with Crippen molar-refractivity contribution in [3.05, 3.63) is 24.5 Å². The van der Waals surface area contributed by atoms with Gasteiger partial charge in [0.1, 0.15) is 5.82 Å². The summed E-state index contributed by atoms with van der Waals surface area (Å²) in [7, 11) is 5.15. The average molecular weight is 316 g/mol. The van der Waals surface area contributed by atoms with Crippen LogP contribution in [0.5, 0.6) is 11.9 Å². The van der Waals surface area contributed by atoms with Crippen LogP contribution in [-0.2, 0) is 0 Å². The molecule has 0 aliphatic carbocycles. The van der Waals surface area contributed by atoms with Gasteiger partial charge in [0.25, 0.3) is 0 Å². The zero-order valence-corrected chi connectivity index (χ0v) is 13.5. The molecule has 1 aliphatic heterocycles. The Balaban J connectivity index is 1.75. The summed E-state index contributed by atoms with van der Waals surface area (Å²) in [6.07, 6.45) is 4.51. The molecule has 23 heavy (non-hydrogen) atoms. The maximum Gasteiger partial charge on any atom is 0.321 e. The SMILES string of the molecule is COc1cc(N2CCC(N(C)c3ncccn3)C2)nc(OC)n1. The summed E-state index contributed by atoms with van der Waals surface area (Å²) in [5, 5.41) is 0. The fourth-order valence-corrected chi connectivity index (χ4v) is 2.65. The maximum absolute atomic E-state index is 5.21. The zero-order chi connectivity index (χ0) is 16.2. The number of anilines is 2. The van der Waals surface area contributed by atoms with Crippen LogP contribution in [0.15, 0.2) is 24.5 Å². The van der Waals surface area contributed by atoms with Crippen LogP contribution in [0, 0.1) is 0 Å². The molecular formula is C15H20N6O2. The van der Waals surface area contributed by atoms with Crippen LogP contribution in [0.25, 0.3) is 0 Å². The van der Waals surface area contributed by atoms with Gasteiger partial charge in [-0.2, -0.15) is 9.97 Å². The molecular weight excluding hydrogens is 296 g/mol. The van der Waals surface area contributed by atoms with Crippen molar-refractivity contribution in [3.8, 4) is 11.9 Å². The van der Waals surface area contributed by atoms with E-state index in [2.05, 4.69) is 29.7 Å². The molecule has 0 spiro atoms. The smallest absolute Gasteiger partial charge is 0.321 e. The highest BCUT2D eigenvalue weighted by atomic mass is 16.5. The lowest BCUT2D eigenvalue weighted by molar-refractivity contribution is 0.352. The normalized spacial score (nSPS) is 17.2. The molecule has 3 heterocycles. The monoisotopic (exact) mass is 316 g/mol. The highest BCUT2D eigenvalue weighted by Gasteiger charge is 2.28. The van der Waals surface area contributed by atoms with E-state index >= 15 is 0 Å². The second-order valence-corrected chi connectivity index (χ2v) is 5.30. The Morgan fingerprint density at radius 2 is 1.96 bits per heavy atom.